The Labute approximate surface area is 94.3 Å². The van der Waals surface area contributed by atoms with Gasteiger partial charge in [-0.1, -0.05) is 6.08 Å². The molecule has 6 nitrogen and oxygen atoms in total. The van der Waals surface area contributed by atoms with E-state index in [0.29, 0.717) is 11.5 Å². The van der Waals surface area contributed by atoms with Crippen molar-refractivity contribution in [3.8, 4) is 0 Å². The van der Waals surface area contributed by atoms with E-state index in [1.807, 2.05) is 0 Å². The van der Waals surface area contributed by atoms with Crippen molar-refractivity contribution in [2.24, 2.45) is 0 Å². The number of hydrogen-bond donors (Lipinski definition) is 0. The molecule has 0 saturated heterocycles. The number of hydrogen-bond acceptors (Lipinski definition) is 6. The Morgan fingerprint density at radius 3 is 1.87 bits per heavy atom. The maximum absolute atomic E-state index is 10.8. The summed E-state index contributed by atoms with van der Waals surface area (Å²) in [6.07, 6.45) is 1.24. The number of rotatable bonds is 6. The minimum absolute atomic E-state index is 0.424. The first kappa shape index (κ1) is 14.8. The van der Waals surface area contributed by atoms with Gasteiger partial charge in [-0.2, -0.15) is 0 Å². The lowest BCUT2D eigenvalue weighted by Gasteiger charge is -2.34. The highest BCUT2D eigenvalue weighted by atomic mass is 32.3. The monoisotopic (exact) mass is 271 g/mol. The van der Waals surface area contributed by atoms with E-state index >= 15 is 0 Å². The summed E-state index contributed by atoms with van der Waals surface area (Å²) in [7, 11) is 0. The van der Waals surface area contributed by atoms with Crippen LogP contribution in [-0.2, 0) is 33.2 Å². The largest absolute Gasteiger partial charge is 0.771 e. The highest BCUT2D eigenvalue weighted by molar-refractivity contribution is 7.99. The van der Waals surface area contributed by atoms with Gasteiger partial charge in [0.15, 0.2) is 0 Å². The summed E-state index contributed by atoms with van der Waals surface area (Å²) >= 11 is -8.67. The molecular weight excluding hydrogens is 264 g/mol. The Kier molecular flexibility index (Phi) is 6.32. The molecule has 0 fully saturated rings. The lowest BCUT2D eigenvalue weighted by Crippen LogP contribution is -2.36. The molecule has 3 atom stereocenters. The van der Waals surface area contributed by atoms with Gasteiger partial charge >= 0.3 is 0 Å². The van der Waals surface area contributed by atoms with Crippen molar-refractivity contribution in [3.05, 3.63) is 24.1 Å². The lowest BCUT2D eigenvalue weighted by atomic mass is 10.3. The van der Waals surface area contributed by atoms with Crippen LogP contribution in [0.25, 0.3) is 0 Å². The standard InChI is InChI=1S/C6H10O6S3/c1-2-3-6(14(9)10,15(11)12)4-5-13(7)8/h2,4-5H,1,3H2,(H,7,8)(H,9,10)(H,11,12)/p-3. The van der Waals surface area contributed by atoms with Gasteiger partial charge in [0.2, 0.25) is 0 Å². The summed E-state index contributed by atoms with van der Waals surface area (Å²) in [6.45, 7) is 3.20. The van der Waals surface area contributed by atoms with Crippen LogP contribution in [0.2, 0.25) is 0 Å². The molecular formula is C6H7O6S3-3. The summed E-state index contributed by atoms with van der Waals surface area (Å²) in [4.78, 5) is 0. The summed E-state index contributed by atoms with van der Waals surface area (Å²) < 4.78 is 61.2. The van der Waals surface area contributed by atoms with E-state index in [1.54, 1.807) is 0 Å². The van der Waals surface area contributed by atoms with Crippen LogP contribution in [0.4, 0.5) is 0 Å². The van der Waals surface area contributed by atoms with Crippen molar-refractivity contribution in [2.75, 3.05) is 0 Å². The van der Waals surface area contributed by atoms with Crippen LogP contribution >= 0.6 is 0 Å². The predicted molar refractivity (Wildman–Crippen MR) is 53.4 cm³/mol. The molecule has 0 spiro atoms. The average molecular weight is 271 g/mol. The van der Waals surface area contributed by atoms with Gasteiger partial charge in [-0.15, -0.1) is 6.58 Å². The third kappa shape index (κ3) is 4.05. The molecule has 0 aliphatic carbocycles. The van der Waals surface area contributed by atoms with Crippen molar-refractivity contribution < 1.29 is 26.3 Å². The van der Waals surface area contributed by atoms with E-state index in [4.69, 9.17) is 0 Å². The molecule has 88 valence electrons. The molecule has 0 heterocycles. The molecule has 0 aromatic heterocycles. The molecule has 0 aromatic carbocycles. The summed E-state index contributed by atoms with van der Waals surface area (Å²) in [5.74, 6) is 0. The van der Waals surface area contributed by atoms with E-state index < -0.39 is 43.7 Å². The molecule has 0 rings (SSSR count). The lowest BCUT2D eigenvalue weighted by molar-refractivity contribution is 0.497. The first-order valence-corrected chi connectivity index (χ1v) is 6.72. The molecule has 3 unspecified atom stereocenters. The van der Waals surface area contributed by atoms with Crippen LogP contribution in [-0.4, -0.2) is 30.4 Å². The fourth-order valence-electron chi connectivity index (χ4n) is 0.731. The van der Waals surface area contributed by atoms with Gasteiger partial charge < -0.3 is 13.7 Å². The van der Waals surface area contributed by atoms with Gasteiger partial charge in [-0.3, -0.25) is 12.6 Å². The van der Waals surface area contributed by atoms with Gasteiger partial charge in [-0.25, -0.2) is 0 Å². The van der Waals surface area contributed by atoms with Gasteiger partial charge in [0.25, 0.3) is 0 Å². The molecule has 0 amide bonds. The SMILES string of the molecule is C=CCC(C=CS(=O)[O-])(S(=O)[O-])S(=O)[O-]. The van der Waals surface area contributed by atoms with E-state index in [-0.39, 0.29) is 0 Å². The Balaban J connectivity index is 5.31. The maximum atomic E-state index is 10.8. The molecule has 9 heteroatoms. The van der Waals surface area contributed by atoms with E-state index in [0.717, 1.165) is 6.08 Å². The van der Waals surface area contributed by atoms with Crippen LogP contribution < -0.4 is 0 Å². The molecule has 0 saturated carbocycles. The van der Waals surface area contributed by atoms with Crippen molar-refractivity contribution in [1.29, 1.82) is 0 Å². The fraction of sp³-hybridized carbons (Fsp3) is 0.333. The van der Waals surface area contributed by atoms with Crippen molar-refractivity contribution in [2.45, 2.75) is 10.5 Å². The summed E-state index contributed by atoms with van der Waals surface area (Å²) in [6, 6.07) is 0. The van der Waals surface area contributed by atoms with Gasteiger partial charge in [0, 0.05) is 0 Å². The molecule has 0 aliphatic heterocycles. The van der Waals surface area contributed by atoms with E-state index in [9.17, 15) is 26.3 Å². The van der Waals surface area contributed by atoms with Crippen LogP contribution in [0.1, 0.15) is 6.42 Å². The summed E-state index contributed by atoms with van der Waals surface area (Å²) in [5.41, 5.74) is 0. The molecule has 15 heavy (non-hydrogen) atoms. The average Bonchev–Trinajstić information content (AvgIpc) is 2.10. The maximum Gasteiger partial charge on any atom is 0.117 e. The second-order valence-electron chi connectivity index (χ2n) is 2.34. The molecule has 0 bridgehead atoms. The Morgan fingerprint density at radius 1 is 1.13 bits per heavy atom. The van der Waals surface area contributed by atoms with Crippen LogP contribution in [0.5, 0.6) is 0 Å². The zero-order valence-electron chi connectivity index (χ0n) is 7.32. The smallest absolute Gasteiger partial charge is 0.117 e. The van der Waals surface area contributed by atoms with Crippen LogP contribution in [0, 0.1) is 0 Å². The Hall–Kier alpha value is -0.190. The molecule has 0 radical (unpaired) electrons. The molecule has 0 aliphatic rings. The van der Waals surface area contributed by atoms with Crippen molar-refractivity contribution in [3.63, 3.8) is 0 Å². The van der Waals surface area contributed by atoms with E-state index in [1.165, 1.54) is 0 Å². The highest BCUT2D eigenvalue weighted by Crippen LogP contribution is 2.24. The number of allylic oxidation sites excluding steroid dienone is 1. The van der Waals surface area contributed by atoms with Gasteiger partial charge in [-0.05, 0) is 51.1 Å². The predicted octanol–water partition coefficient (Wildman–Crippen LogP) is -0.590. The fourth-order valence-corrected chi connectivity index (χ4v) is 2.56. The molecule has 0 aromatic rings. The zero-order valence-corrected chi connectivity index (χ0v) is 9.77. The normalized spacial score (nSPS) is 21.8. The quantitative estimate of drug-likeness (QED) is 0.470. The zero-order chi connectivity index (χ0) is 12.1. The van der Waals surface area contributed by atoms with Gasteiger partial charge in [0.05, 0.1) is 0 Å². The Morgan fingerprint density at radius 2 is 1.60 bits per heavy atom. The van der Waals surface area contributed by atoms with Crippen molar-refractivity contribution in [1.82, 2.24) is 0 Å². The Bertz CT molecular complexity index is 322. The van der Waals surface area contributed by atoms with Gasteiger partial charge in [0.1, 0.15) is 4.08 Å². The topological polar surface area (TPSA) is 120 Å². The minimum Gasteiger partial charge on any atom is -0.771 e. The van der Waals surface area contributed by atoms with Crippen LogP contribution in [0.3, 0.4) is 0 Å². The minimum atomic E-state index is -3.00. The second kappa shape index (κ2) is 6.40. The first-order valence-electron chi connectivity index (χ1n) is 3.44. The van der Waals surface area contributed by atoms with Crippen molar-refractivity contribution >= 4 is 33.2 Å². The first-order chi connectivity index (χ1) is 6.86. The third-order valence-corrected chi connectivity index (χ3v) is 4.33. The van der Waals surface area contributed by atoms with Crippen LogP contribution in [0.15, 0.2) is 24.1 Å². The summed E-state index contributed by atoms with van der Waals surface area (Å²) in [5, 5.41) is 0.467. The molecule has 0 N–H and O–H groups in total. The third-order valence-electron chi connectivity index (χ3n) is 1.43. The highest BCUT2D eigenvalue weighted by Gasteiger charge is 2.28. The van der Waals surface area contributed by atoms with E-state index in [2.05, 4.69) is 6.58 Å². The second-order valence-corrected chi connectivity index (χ2v) is 5.78.